The molecule has 0 aliphatic carbocycles. The molecule has 0 fully saturated rings. The van der Waals surface area contributed by atoms with E-state index in [2.05, 4.69) is 10.4 Å². The molecule has 5 nitrogen and oxygen atoms in total. The Morgan fingerprint density at radius 1 is 1.36 bits per heavy atom. The average molecular weight is 317 g/mol. The number of thioether (sulfide) groups is 1. The number of aryl methyl sites for hydroxylation is 1. The van der Waals surface area contributed by atoms with Crippen LogP contribution in [0.4, 0.5) is 5.82 Å². The van der Waals surface area contributed by atoms with Crippen molar-refractivity contribution in [1.29, 1.82) is 0 Å². The van der Waals surface area contributed by atoms with Crippen molar-refractivity contribution in [2.75, 3.05) is 11.9 Å². The Kier molecular flexibility index (Phi) is 4.68. The first-order chi connectivity index (χ1) is 10.7. The summed E-state index contributed by atoms with van der Waals surface area (Å²) in [5, 5.41) is 7.42. The van der Waals surface area contributed by atoms with Gasteiger partial charge in [-0.15, -0.1) is 0 Å². The fourth-order valence-electron chi connectivity index (χ4n) is 2.43. The number of ether oxygens (including phenoxy) is 1. The number of nitrogens with one attached hydrogen (secondary N) is 1. The van der Waals surface area contributed by atoms with Crippen molar-refractivity contribution in [3.05, 3.63) is 41.6 Å². The maximum Gasteiger partial charge on any atom is 0.225 e. The Bertz CT molecular complexity index is 655. The normalized spacial score (nSPS) is 13.0. The van der Waals surface area contributed by atoms with Crippen LogP contribution >= 0.6 is 11.8 Å². The van der Waals surface area contributed by atoms with Crippen LogP contribution in [-0.4, -0.2) is 22.3 Å². The topological polar surface area (TPSA) is 56.2 Å². The summed E-state index contributed by atoms with van der Waals surface area (Å²) in [6.45, 7) is 0.538. The second-order valence-electron chi connectivity index (χ2n) is 5.20. The van der Waals surface area contributed by atoms with E-state index >= 15 is 0 Å². The second kappa shape index (κ2) is 6.87. The van der Waals surface area contributed by atoms with E-state index in [0.29, 0.717) is 19.4 Å². The lowest BCUT2D eigenvalue weighted by atomic mass is 10.2. The fraction of sp³-hybridized carbons (Fsp3) is 0.375. The number of para-hydroxylation sites is 1. The number of hydrogen-bond acceptors (Lipinski definition) is 4. The fourth-order valence-corrected chi connectivity index (χ4v) is 3.47. The number of carbonyl (C=O) groups is 1. The predicted molar refractivity (Wildman–Crippen MR) is 88.0 cm³/mol. The number of rotatable bonds is 6. The van der Waals surface area contributed by atoms with Crippen molar-refractivity contribution < 1.29 is 9.53 Å². The highest BCUT2D eigenvalue weighted by Crippen LogP contribution is 2.34. The molecule has 1 aromatic heterocycles. The van der Waals surface area contributed by atoms with Crippen molar-refractivity contribution >= 4 is 23.5 Å². The number of amides is 1. The van der Waals surface area contributed by atoms with Crippen LogP contribution in [-0.2, 0) is 23.3 Å². The van der Waals surface area contributed by atoms with Gasteiger partial charge in [-0.05, 0) is 18.6 Å². The zero-order valence-corrected chi connectivity index (χ0v) is 13.4. The summed E-state index contributed by atoms with van der Waals surface area (Å²) in [4.78, 5) is 12.1. The monoisotopic (exact) mass is 317 g/mol. The largest absolute Gasteiger partial charge is 0.494 e. The van der Waals surface area contributed by atoms with E-state index in [1.165, 1.54) is 5.56 Å². The number of anilines is 1. The zero-order valence-electron chi connectivity index (χ0n) is 12.5. The smallest absolute Gasteiger partial charge is 0.225 e. The summed E-state index contributed by atoms with van der Waals surface area (Å²) < 4.78 is 7.36. The highest BCUT2D eigenvalue weighted by molar-refractivity contribution is 7.98. The Hall–Kier alpha value is -1.95. The number of hydrogen-bond donors (Lipinski definition) is 1. The molecule has 0 saturated heterocycles. The number of fused-ring (bicyclic) bond motifs is 1. The third-order valence-electron chi connectivity index (χ3n) is 3.53. The molecule has 0 radical (unpaired) electrons. The van der Waals surface area contributed by atoms with Crippen LogP contribution in [0.5, 0.6) is 5.75 Å². The number of carbonyl (C=O) groups excluding carboxylic acids is 1. The van der Waals surface area contributed by atoms with Gasteiger partial charge in [0.05, 0.1) is 12.3 Å². The average Bonchev–Trinajstić information content (AvgIpc) is 3.08. The molecule has 1 aliphatic rings. The van der Waals surface area contributed by atoms with Crippen LogP contribution in [0.1, 0.15) is 24.1 Å². The quantitative estimate of drug-likeness (QED) is 0.832. The Morgan fingerprint density at radius 3 is 3.00 bits per heavy atom. The molecule has 0 saturated carbocycles. The number of benzene rings is 1. The first-order valence-corrected chi connectivity index (χ1v) is 8.49. The van der Waals surface area contributed by atoms with Gasteiger partial charge in [0.2, 0.25) is 5.91 Å². The molecule has 3 rings (SSSR count). The third-order valence-corrected chi connectivity index (χ3v) is 4.50. The van der Waals surface area contributed by atoms with Gasteiger partial charge in [0.25, 0.3) is 0 Å². The minimum Gasteiger partial charge on any atom is -0.494 e. The highest BCUT2D eigenvalue weighted by atomic mass is 32.2. The van der Waals surface area contributed by atoms with Gasteiger partial charge in [-0.2, -0.15) is 16.9 Å². The molecule has 2 aromatic rings. The molecular formula is C16H19N3O2S. The van der Waals surface area contributed by atoms with E-state index in [-0.39, 0.29) is 5.91 Å². The minimum absolute atomic E-state index is 0.0133. The van der Waals surface area contributed by atoms with Crippen LogP contribution in [0, 0.1) is 0 Å². The predicted octanol–water partition coefficient (Wildman–Crippen LogP) is 2.96. The van der Waals surface area contributed by atoms with Crippen LogP contribution in [0.15, 0.2) is 30.3 Å². The lowest BCUT2D eigenvalue weighted by Crippen LogP contribution is -2.16. The van der Waals surface area contributed by atoms with E-state index in [9.17, 15) is 4.79 Å². The van der Waals surface area contributed by atoms with Crippen LogP contribution in [0.25, 0.3) is 0 Å². The van der Waals surface area contributed by atoms with Crippen molar-refractivity contribution in [3.8, 4) is 5.75 Å². The number of nitrogens with zero attached hydrogens (tertiary/aromatic N) is 2. The summed E-state index contributed by atoms with van der Waals surface area (Å²) in [7, 11) is 1.87. The number of aromatic nitrogens is 2. The maximum atomic E-state index is 12.1. The van der Waals surface area contributed by atoms with Gasteiger partial charge in [0.1, 0.15) is 11.6 Å². The zero-order chi connectivity index (χ0) is 15.4. The molecule has 1 aliphatic heterocycles. The molecule has 22 heavy (non-hydrogen) atoms. The standard InChI is InChI=1S/C16H19N3O2S/c1-19-16(13-10-22-11-14(13)18-19)17-15(20)8-5-9-21-12-6-3-2-4-7-12/h2-4,6-7H,5,8-11H2,1H3,(H,17,20). The van der Waals surface area contributed by atoms with Crippen LogP contribution in [0.3, 0.4) is 0 Å². The van der Waals surface area contributed by atoms with Gasteiger partial charge in [-0.3, -0.25) is 9.48 Å². The highest BCUT2D eigenvalue weighted by Gasteiger charge is 2.22. The first kappa shape index (κ1) is 15.0. The lowest BCUT2D eigenvalue weighted by molar-refractivity contribution is -0.116. The van der Waals surface area contributed by atoms with Gasteiger partial charge >= 0.3 is 0 Å². The van der Waals surface area contributed by atoms with Gasteiger partial charge in [0, 0.05) is 30.5 Å². The van der Waals surface area contributed by atoms with Gasteiger partial charge in [-0.1, -0.05) is 18.2 Å². The van der Waals surface area contributed by atoms with Gasteiger partial charge in [0.15, 0.2) is 0 Å². The molecule has 6 heteroatoms. The van der Waals surface area contributed by atoms with Crippen molar-refractivity contribution in [2.45, 2.75) is 24.3 Å². The minimum atomic E-state index is 0.0133. The lowest BCUT2D eigenvalue weighted by Gasteiger charge is -2.08. The van der Waals surface area contributed by atoms with Crippen LogP contribution in [0.2, 0.25) is 0 Å². The molecular weight excluding hydrogens is 298 g/mol. The van der Waals surface area contributed by atoms with E-state index < -0.39 is 0 Å². The molecule has 0 bridgehead atoms. The van der Waals surface area contributed by atoms with E-state index in [0.717, 1.165) is 28.8 Å². The first-order valence-electron chi connectivity index (χ1n) is 7.34. The van der Waals surface area contributed by atoms with E-state index in [4.69, 9.17) is 4.74 Å². The summed E-state index contributed by atoms with van der Waals surface area (Å²) in [5.41, 5.74) is 2.26. The molecule has 116 valence electrons. The molecule has 1 aromatic carbocycles. The summed E-state index contributed by atoms with van der Waals surface area (Å²) in [6, 6.07) is 9.64. The van der Waals surface area contributed by atoms with Gasteiger partial charge in [-0.25, -0.2) is 0 Å². The molecule has 1 N–H and O–H groups in total. The summed E-state index contributed by atoms with van der Waals surface area (Å²) in [6.07, 6.45) is 1.13. The second-order valence-corrected chi connectivity index (χ2v) is 6.19. The Balaban J connectivity index is 1.45. The van der Waals surface area contributed by atoms with Gasteiger partial charge < -0.3 is 10.1 Å². The molecule has 0 spiro atoms. The molecule has 1 amide bonds. The van der Waals surface area contributed by atoms with Crippen LogP contribution < -0.4 is 10.1 Å². The maximum absolute atomic E-state index is 12.1. The Labute approximate surface area is 134 Å². The summed E-state index contributed by atoms with van der Waals surface area (Å²) in [5.74, 6) is 3.55. The molecule has 0 atom stereocenters. The van der Waals surface area contributed by atoms with E-state index in [1.54, 1.807) is 4.68 Å². The summed E-state index contributed by atoms with van der Waals surface area (Å²) >= 11 is 1.83. The Morgan fingerprint density at radius 2 is 2.18 bits per heavy atom. The molecule has 0 unspecified atom stereocenters. The third kappa shape index (κ3) is 3.44. The molecule has 2 heterocycles. The SMILES string of the molecule is Cn1nc2c(c1NC(=O)CCCOc1ccccc1)CSC2. The van der Waals surface area contributed by atoms with Crippen molar-refractivity contribution in [3.63, 3.8) is 0 Å². The van der Waals surface area contributed by atoms with E-state index in [1.807, 2.05) is 49.1 Å². The van der Waals surface area contributed by atoms with Crippen molar-refractivity contribution in [1.82, 2.24) is 9.78 Å². The van der Waals surface area contributed by atoms with Crippen molar-refractivity contribution in [2.24, 2.45) is 7.05 Å².